The first-order valence-corrected chi connectivity index (χ1v) is 12.5. The Kier molecular flexibility index (Phi) is 13.8. The highest BCUT2D eigenvalue weighted by Crippen LogP contribution is 2.12. The zero-order valence-corrected chi connectivity index (χ0v) is 21.8. The van der Waals surface area contributed by atoms with Crippen molar-refractivity contribution in [2.45, 2.75) is 76.5 Å². The molecule has 1 rings (SSSR count). The van der Waals surface area contributed by atoms with E-state index in [2.05, 4.69) is 16.0 Å². The van der Waals surface area contributed by atoms with E-state index >= 15 is 0 Å². The summed E-state index contributed by atoms with van der Waals surface area (Å²) in [6, 6.07) is 1.25. The van der Waals surface area contributed by atoms with Crippen molar-refractivity contribution in [3.8, 4) is 5.75 Å². The molecule has 0 aromatic heterocycles. The summed E-state index contributed by atoms with van der Waals surface area (Å²) in [4.78, 5) is 61.9. The molecule has 0 saturated heterocycles. The second-order valence-corrected chi connectivity index (χ2v) is 9.45. The number of unbranched alkanes of at least 4 members (excludes halogenated alkanes) is 1. The first kappa shape index (κ1) is 32.3. The second-order valence-electron chi connectivity index (χ2n) is 9.45. The Bertz CT molecular complexity index is 954. The van der Waals surface area contributed by atoms with E-state index in [-0.39, 0.29) is 37.4 Å². The molecule has 0 aliphatic rings. The number of phenolic OH excluding ortho intramolecular Hbond substituents is 1. The fraction of sp³-hybridized carbons (Fsp3) is 0.560. The van der Waals surface area contributed by atoms with Crippen molar-refractivity contribution in [3.63, 3.8) is 0 Å². The third-order valence-corrected chi connectivity index (χ3v) is 5.90. The summed E-state index contributed by atoms with van der Waals surface area (Å²) in [5, 5.41) is 26.6. The molecular formula is C25H40N6O7. The van der Waals surface area contributed by atoms with Gasteiger partial charge in [0.25, 0.3) is 0 Å². The molecule has 0 spiro atoms. The molecule has 0 fully saturated rings. The first-order chi connectivity index (χ1) is 17.8. The number of carboxylic acids is 1. The highest BCUT2D eigenvalue weighted by molar-refractivity contribution is 5.94. The Balaban J connectivity index is 3.05. The van der Waals surface area contributed by atoms with Gasteiger partial charge in [0.15, 0.2) is 0 Å². The molecule has 1 aromatic carbocycles. The van der Waals surface area contributed by atoms with Crippen molar-refractivity contribution in [1.29, 1.82) is 0 Å². The molecular weight excluding hydrogens is 496 g/mol. The van der Waals surface area contributed by atoms with Crippen molar-refractivity contribution in [2.24, 2.45) is 23.1 Å². The molecule has 0 aliphatic heterocycles. The van der Waals surface area contributed by atoms with Crippen LogP contribution in [0.1, 0.15) is 51.5 Å². The maximum atomic E-state index is 13.1. The number of carbonyl (C=O) groups excluding carboxylic acids is 4. The lowest BCUT2D eigenvalue weighted by atomic mass is 10.0. The van der Waals surface area contributed by atoms with E-state index in [0.29, 0.717) is 24.9 Å². The fourth-order valence-electron chi connectivity index (χ4n) is 3.50. The average Bonchev–Trinajstić information content (AvgIpc) is 2.85. The smallest absolute Gasteiger partial charge is 0.326 e. The molecule has 13 nitrogen and oxygen atoms in total. The number of nitrogens with one attached hydrogen (secondary N) is 3. The monoisotopic (exact) mass is 536 g/mol. The number of aliphatic carboxylic acids is 1. The first-order valence-electron chi connectivity index (χ1n) is 12.5. The molecule has 4 atom stereocenters. The number of primary amides is 1. The van der Waals surface area contributed by atoms with Gasteiger partial charge in [0.2, 0.25) is 23.6 Å². The topological polar surface area (TPSA) is 240 Å². The van der Waals surface area contributed by atoms with Gasteiger partial charge in [-0.15, -0.1) is 0 Å². The molecule has 4 unspecified atom stereocenters. The molecule has 38 heavy (non-hydrogen) atoms. The maximum absolute atomic E-state index is 13.1. The van der Waals surface area contributed by atoms with Crippen LogP contribution in [0.15, 0.2) is 24.3 Å². The summed E-state index contributed by atoms with van der Waals surface area (Å²) < 4.78 is 0. The van der Waals surface area contributed by atoms with E-state index in [4.69, 9.17) is 17.2 Å². The van der Waals surface area contributed by atoms with E-state index < -0.39 is 53.8 Å². The Morgan fingerprint density at radius 2 is 1.37 bits per heavy atom. The molecule has 13 heteroatoms. The van der Waals surface area contributed by atoms with Crippen molar-refractivity contribution >= 4 is 29.6 Å². The number of benzene rings is 1. The van der Waals surface area contributed by atoms with Gasteiger partial charge in [-0.3, -0.25) is 19.2 Å². The lowest BCUT2D eigenvalue weighted by molar-refractivity contribution is -0.142. The highest BCUT2D eigenvalue weighted by Gasteiger charge is 2.31. The van der Waals surface area contributed by atoms with Crippen LogP contribution < -0.4 is 33.2 Å². The fourth-order valence-corrected chi connectivity index (χ4v) is 3.50. The number of hydrogen-bond donors (Lipinski definition) is 8. The summed E-state index contributed by atoms with van der Waals surface area (Å²) in [6.07, 6.45) is 0.797. The zero-order valence-electron chi connectivity index (χ0n) is 21.8. The van der Waals surface area contributed by atoms with Gasteiger partial charge < -0.3 is 43.4 Å². The lowest BCUT2D eigenvalue weighted by Crippen LogP contribution is -2.57. The quantitative estimate of drug-likeness (QED) is 0.112. The second kappa shape index (κ2) is 16.2. The number of phenols is 1. The SMILES string of the molecule is CC(C)C(N)C(=O)NC(CCCCN)C(=O)NC(CCC(N)=O)C(=O)NC(Cc1ccc(O)cc1)C(=O)O. The molecule has 11 N–H and O–H groups in total. The molecule has 0 saturated carbocycles. The van der Waals surface area contributed by atoms with Gasteiger partial charge in [0.05, 0.1) is 6.04 Å². The molecule has 1 aromatic rings. The van der Waals surface area contributed by atoms with Crippen LogP contribution in [0.4, 0.5) is 0 Å². The Morgan fingerprint density at radius 3 is 1.87 bits per heavy atom. The van der Waals surface area contributed by atoms with E-state index in [9.17, 15) is 34.2 Å². The minimum absolute atomic E-state index is 0.00125. The Labute approximate surface area is 221 Å². The van der Waals surface area contributed by atoms with Crippen LogP contribution in [0.2, 0.25) is 0 Å². The third kappa shape index (κ3) is 11.6. The van der Waals surface area contributed by atoms with Gasteiger partial charge in [0, 0.05) is 12.8 Å². The predicted octanol–water partition coefficient (Wildman–Crippen LogP) is -1.15. The van der Waals surface area contributed by atoms with Crippen LogP contribution >= 0.6 is 0 Å². The molecule has 0 aliphatic carbocycles. The minimum atomic E-state index is -1.36. The van der Waals surface area contributed by atoms with E-state index in [1.165, 1.54) is 24.3 Å². The number of carboxylic acid groups (broad SMARTS) is 1. The number of nitrogens with two attached hydrogens (primary N) is 3. The van der Waals surface area contributed by atoms with Crippen molar-refractivity contribution in [2.75, 3.05) is 6.54 Å². The lowest BCUT2D eigenvalue weighted by Gasteiger charge is -2.25. The summed E-state index contributed by atoms with van der Waals surface area (Å²) in [6.45, 7) is 3.90. The minimum Gasteiger partial charge on any atom is -0.508 e. The molecule has 0 heterocycles. The van der Waals surface area contributed by atoms with Gasteiger partial charge in [-0.1, -0.05) is 26.0 Å². The Morgan fingerprint density at radius 1 is 0.842 bits per heavy atom. The molecule has 0 bridgehead atoms. The van der Waals surface area contributed by atoms with Crippen molar-refractivity contribution in [3.05, 3.63) is 29.8 Å². The summed E-state index contributed by atoms with van der Waals surface area (Å²) >= 11 is 0. The predicted molar refractivity (Wildman–Crippen MR) is 139 cm³/mol. The normalized spacial score (nSPS) is 14.1. The summed E-state index contributed by atoms with van der Waals surface area (Å²) in [7, 11) is 0. The van der Waals surface area contributed by atoms with Crippen LogP contribution in [0, 0.1) is 5.92 Å². The van der Waals surface area contributed by atoms with E-state index in [1.807, 2.05) is 0 Å². The molecule has 4 amide bonds. The average molecular weight is 537 g/mol. The van der Waals surface area contributed by atoms with E-state index in [1.54, 1.807) is 13.8 Å². The van der Waals surface area contributed by atoms with E-state index in [0.717, 1.165) is 0 Å². The molecule has 212 valence electrons. The maximum Gasteiger partial charge on any atom is 0.326 e. The number of hydrogen-bond acceptors (Lipinski definition) is 8. The van der Waals surface area contributed by atoms with Gasteiger partial charge in [0.1, 0.15) is 23.9 Å². The largest absolute Gasteiger partial charge is 0.508 e. The number of carbonyl (C=O) groups is 5. The Hall–Kier alpha value is -3.71. The zero-order chi connectivity index (χ0) is 28.8. The van der Waals surface area contributed by atoms with Crippen LogP contribution in [0.3, 0.4) is 0 Å². The number of amides is 4. The summed E-state index contributed by atoms with van der Waals surface area (Å²) in [5.41, 5.74) is 17.2. The number of rotatable bonds is 17. The highest BCUT2D eigenvalue weighted by atomic mass is 16.4. The van der Waals surface area contributed by atoms with Crippen molar-refractivity contribution < 1.29 is 34.2 Å². The standard InChI is InChI=1S/C25H40N6O7/c1-14(2)21(28)24(36)30-17(5-3-4-12-26)22(34)29-18(10-11-20(27)33)23(35)31-19(25(37)38)13-15-6-8-16(32)9-7-15/h6-9,14,17-19,21,32H,3-5,10-13,26,28H2,1-2H3,(H2,27,33)(H,29,34)(H,30,36)(H,31,35)(H,37,38). The van der Waals surface area contributed by atoms with Gasteiger partial charge >= 0.3 is 5.97 Å². The van der Waals surface area contributed by atoms with Gasteiger partial charge in [-0.2, -0.15) is 0 Å². The van der Waals surface area contributed by atoms with Crippen molar-refractivity contribution in [1.82, 2.24) is 16.0 Å². The van der Waals surface area contributed by atoms with Gasteiger partial charge in [-0.05, 0) is 55.8 Å². The van der Waals surface area contributed by atoms with Crippen LogP contribution in [-0.4, -0.2) is 70.5 Å². The number of aromatic hydroxyl groups is 1. The van der Waals surface area contributed by atoms with Crippen LogP contribution in [0.25, 0.3) is 0 Å². The third-order valence-electron chi connectivity index (χ3n) is 5.90. The van der Waals surface area contributed by atoms with Crippen LogP contribution in [-0.2, 0) is 30.4 Å². The summed E-state index contributed by atoms with van der Waals surface area (Å²) in [5.74, 6) is -4.28. The molecule has 0 radical (unpaired) electrons. The van der Waals surface area contributed by atoms with Gasteiger partial charge in [-0.25, -0.2) is 4.79 Å². The van der Waals surface area contributed by atoms with Crippen LogP contribution in [0.5, 0.6) is 5.75 Å².